The van der Waals surface area contributed by atoms with Gasteiger partial charge >= 0.3 is 5.97 Å². The molecule has 1 aromatic heterocycles. The molecule has 2 rings (SSSR count). The molecule has 1 aromatic rings. The van der Waals surface area contributed by atoms with Crippen molar-refractivity contribution in [1.82, 2.24) is 5.32 Å². The number of hydrogen-bond donors (Lipinski definition) is 2. The Morgan fingerprint density at radius 2 is 2.25 bits per heavy atom. The highest BCUT2D eigenvalue weighted by Crippen LogP contribution is 2.30. The van der Waals surface area contributed by atoms with Gasteiger partial charge in [0.25, 0.3) is 5.91 Å². The van der Waals surface area contributed by atoms with Gasteiger partial charge in [0, 0.05) is 12.6 Å². The van der Waals surface area contributed by atoms with Crippen LogP contribution in [0.3, 0.4) is 0 Å². The summed E-state index contributed by atoms with van der Waals surface area (Å²) in [6.45, 7) is 2.89. The molecule has 2 atom stereocenters. The molecule has 0 bridgehead atoms. The zero-order valence-corrected chi connectivity index (χ0v) is 11.7. The first kappa shape index (κ1) is 14.6. The summed E-state index contributed by atoms with van der Waals surface area (Å²) < 4.78 is 4.95. The summed E-state index contributed by atoms with van der Waals surface area (Å²) in [6, 6.07) is 1.25. The first-order valence-electron chi connectivity index (χ1n) is 7.16. The Hall–Kier alpha value is -1.78. The van der Waals surface area contributed by atoms with Crippen LogP contribution in [-0.4, -0.2) is 23.5 Å². The van der Waals surface area contributed by atoms with Crippen LogP contribution < -0.4 is 5.32 Å². The van der Waals surface area contributed by atoms with E-state index in [2.05, 4.69) is 12.2 Å². The van der Waals surface area contributed by atoms with Crippen LogP contribution in [-0.2, 0) is 0 Å². The fraction of sp³-hybridized carbons (Fsp3) is 0.600. The predicted molar refractivity (Wildman–Crippen MR) is 73.7 cm³/mol. The van der Waals surface area contributed by atoms with E-state index in [0.717, 1.165) is 18.6 Å². The summed E-state index contributed by atoms with van der Waals surface area (Å²) in [7, 11) is 0. The molecule has 1 aliphatic carbocycles. The number of furan rings is 1. The third-order valence-electron chi connectivity index (χ3n) is 3.95. The molecule has 1 saturated carbocycles. The van der Waals surface area contributed by atoms with Crippen molar-refractivity contribution in [3.8, 4) is 0 Å². The Morgan fingerprint density at radius 3 is 2.90 bits per heavy atom. The van der Waals surface area contributed by atoms with Gasteiger partial charge in [0.05, 0.1) is 5.56 Å². The average molecular weight is 279 g/mol. The lowest BCUT2D eigenvalue weighted by molar-refractivity contribution is 0.0695. The molecule has 1 aliphatic rings. The number of aromatic carboxylic acids is 1. The monoisotopic (exact) mass is 279 g/mol. The van der Waals surface area contributed by atoms with Gasteiger partial charge in [-0.05, 0) is 24.7 Å². The Morgan fingerprint density at radius 1 is 1.45 bits per heavy atom. The van der Waals surface area contributed by atoms with Gasteiger partial charge in [0.15, 0.2) is 5.76 Å². The van der Waals surface area contributed by atoms with Crippen LogP contribution in [0.5, 0.6) is 0 Å². The Kier molecular flexibility index (Phi) is 4.82. The maximum absolute atomic E-state index is 11.8. The lowest BCUT2D eigenvalue weighted by Crippen LogP contribution is -2.26. The molecule has 5 heteroatoms. The van der Waals surface area contributed by atoms with Gasteiger partial charge < -0.3 is 14.8 Å². The van der Waals surface area contributed by atoms with Crippen molar-refractivity contribution in [1.29, 1.82) is 0 Å². The summed E-state index contributed by atoms with van der Waals surface area (Å²) in [6.07, 6.45) is 7.12. The second-order valence-electron chi connectivity index (χ2n) is 5.69. The highest BCUT2D eigenvalue weighted by Gasteiger charge is 2.19. The molecule has 0 radical (unpaired) electrons. The first-order chi connectivity index (χ1) is 9.56. The van der Waals surface area contributed by atoms with Gasteiger partial charge in [-0.3, -0.25) is 4.79 Å². The van der Waals surface area contributed by atoms with E-state index in [1.54, 1.807) is 0 Å². The highest BCUT2D eigenvalue weighted by atomic mass is 16.4. The van der Waals surface area contributed by atoms with Crippen molar-refractivity contribution in [2.75, 3.05) is 6.54 Å². The lowest BCUT2D eigenvalue weighted by Gasteiger charge is -2.26. The number of hydrogen-bond acceptors (Lipinski definition) is 3. The predicted octanol–water partition coefficient (Wildman–Crippen LogP) is 2.92. The minimum Gasteiger partial charge on any atom is -0.478 e. The normalized spacial score (nSPS) is 22.4. The van der Waals surface area contributed by atoms with Gasteiger partial charge in [-0.2, -0.15) is 0 Å². The minimum atomic E-state index is -1.09. The molecule has 110 valence electrons. The molecular weight excluding hydrogens is 258 g/mol. The molecule has 2 unspecified atom stereocenters. The Balaban J connectivity index is 1.75. The van der Waals surface area contributed by atoms with Gasteiger partial charge in [0.1, 0.15) is 6.26 Å². The number of carboxylic acid groups (broad SMARTS) is 1. The second-order valence-corrected chi connectivity index (χ2v) is 5.69. The van der Waals surface area contributed by atoms with E-state index in [-0.39, 0.29) is 17.2 Å². The Bertz CT molecular complexity index is 480. The number of nitrogens with one attached hydrogen (secondary N) is 1. The van der Waals surface area contributed by atoms with Gasteiger partial charge in [-0.1, -0.05) is 26.2 Å². The summed E-state index contributed by atoms with van der Waals surface area (Å²) in [5.41, 5.74) is -0.00347. The summed E-state index contributed by atoms with van der Waals surface area (Å²) in [4.78, 5) is 22.5. The molecule has 0 saturated heterocycles. The zero-order valence-electron chi connectivity index (χ0n) is 11.7. The molecule has 0 aromatic carbocycles. The summed E-state index contributed by atoms with van der Waals surface area (Å²) in [5, 5.41) is 11.5. The number of rotatable bonds is 5. The fourth-order valence-corrected chi connectivity index (χ4v) is 2.87. The number of carbonyl (C=O) groups is 2. The molecule has 2 N–H and O–H groups in total. The van der Waals surface area contributed by atoms with Crippen molar-refractivity contribution >= 4 is 11.9 Å². The van der Waals surface area contributed by atoms with Crippen LogP contribution in [0, 0.1) is 11.8 Å². The molecule has 5 nitrogen and oxygen atoms in total. The second kappa shape index (κ2) is 6.59. The molecular formula is C15H21NO4. The SMILES string of the molecule is CC1CCCC(CCNC(=O)c2cc(C(=O)O)co2)C1. The lowest BCUT2D eigenvalue weighted by atomic mass is 9.81. The molecule has 1 amide bonds. The maximum atomic E-state index is 11.8. The van der Waals surface area contributed by atoms with Crippen molar-refractivity contribution < 1.29 is 19.1 Å². The number of carbonyl (C=O) groups excluding carboxylic acids is 1. The van der Waals surface area contributed by atoms with E-state index < -0.39 is 5.97 Å². The molecule has 0 aliphatic heterocycles. The van der Waals surface area contributed by atoms with E-state index in [9.17, 15) is 9.59 Å². The third-order valence-corrected chi connectivity index (χ3v) is 3.95. The first-order valence-corrected chi connectivity index (χ1v) is 7.16. The number of amides is 1. The molecule has 0 spiro atoms. The maximum Gasteiger partial charge on any atom is 0.338 e. The van der Waals surface area contributed by atoms with E-state index >= 15 is 0 Å². The highest BCUT2D eigenvalue weighted by molar-refractivity contribution is 5.95. The zero-order chi connectivity index (χ0) is 14.5. The smallest absolute Gasteiger partial charge is 0.338 e. The van der Waals surface area contributed by atoms with Crippen LogP contribution in [0.4, 0.5) is 0 Å². The topological polar surface area (TPSA) is 79.5 Å². The standard InChI is InChI=1S/C15H21NO4/c1-10-3-2-4-11(7-10)5-6-16-14(17)13-8-12(9-20-13)15(18)19/h8-11H,2-7H2,1H3,(H,16,17)(H,18,19). The van der Waals surface area contributed by atoms with Gasteiger partial charge in [0.2, 0.25) is 0 Å². The van der Waals surface area contributed by atoms with Crippen LogP contribution in [0.25, 0.3) is 0 Å². The number of carboxylic acids is 1. The third kappa shape index (κ3) is 3.85. The van der Waals surface area contributed by atoms with E-state index in [0.29, 0.717) is 12.5 Å². The van der Waals surface area contributed by atoms with E-state index in [4.69, 9.17) is 9.52 Å². The van der Waals surface area contributed by atoms with Crippen LogP contribution in [0.2, 0.25) is 0 Å². The van der Waals surface area contributed by atoms with Crippen molar-refractivity contribution in [3.05, 3.63) is 23.7 Å². The van der Waals surface area contributed by atoms with Gasteiger partial charge in [-0.25, -0.2) is 4.79 Å². The average Bonchev–Trinajstić information content (AvgIpc) is 2.88. The van der Waals surface area contributed by atoms with Crippen LogP contribution in [0.1, 0.15) is 59.9 Å². The largest absolute Gasteiger partial charge is 0.478 e. The molecule has 1 fully saturated rings. The summed E-state index contributed by atoms with van der Waals surface area (Å²) in [5.74, 6) is 0.0858. The van der Waals surface area contributed by atoms with Gasteiger partial charge in [-0.15, -0.1) is 0 Å². The van der Waals surface area contributed by atoms with E-state index in [1.807, 2.05) is 0 Å². The van der Waals surface area contributed by atoms with Crippen molar-refractivity contribution in [2.45, 2.75) is 39.0 Å². The van der Waals surface area contributed by atoms with E-state index in [1.165, 1.54) is 31.7 Å². The van der Waals surface area contributed by atoms with Crippen LogP contribution >= 0.6 is 0 Å². The molecule has 20 heavy (non-hydrogen) atoms. The Labute approximate surface area is 118 Å². The quantitative estimate of drug-likeness (QED) is 0.868. The minimum absolute atomic E-state index is 0.00347. The van der Waals surface area contributed by atoms with Crippen molar-refractivity contribution in [3.63, 3.8) is 0 Å². The summed E-state index contributed by atoms with van der Waals surface area (Å²) >= 11 is 0. The fourth-order valence-electron chi connectivity index (χ4n) is 2.87. The molecule has 1 heterocycles. The van der Waals surface area contributed by atoms with Crippen LogP contribution in [0.15, 0.2) is 16.7 Å². The van der Waals surface area contributed by atoms with Crippen molar-refractivity contribution in [2.24, 2.45) is 11.8 Å².